The molecule has 0 saturated heterocycles. The third-order valence-corrected chi connectivity index (χ3v) is 3.49. The molecule has 1 unspecified atom stereocenters. The summed E-state index contributed by atoms with van der Waals surface area (Å²) < 4.78 is 0. The Balaban J connectivity index is 1.89. The van der Waals surface area contributed by atoms with E-state index < -0.39 is 5.91 Å². The largest absolute Gasteiger partial charge is 0.364 e. The Morgan fingerprint density at radius 1 is 1.11 bits per heavy atom. The lowest BCUT2D eigenvalue weighted by Crippen LogP contribution is -2.15. The molecular weight excluding hydrogens is 224 g/mol. The zero-order valence-electron chi connectivity index (χ0n) is 9.91. The number of aromatic nitrogens is 1. The first-order valence-corrected chi connectivity index (χ1v) is 6.07. The number of amides is 1. The highest BCUT2D eigenvalue weighted by atomic mass is 16.1. The van der Waals surface area contributed by atoms with E-state index in [-0.39, 0.29) is 0 Å². The Morgan fingerprint density at radius 3 is 2.61 bits per heavy atom. The molecule has 1 aliphatic carbocycles. The Morgan fingerprint density at radius 2 is 1.89 bits per heavy atom. The molecule has 90 valence electrons. The minimum atomic E-state index is -0.440. The molecule has 2 aromatic rings. The van der Waals surface area contributed by atoms with Gasteiger partial charge >= 0.3 is 0 Å². The van der Waals surface area contributed by atoms with Crippen molar-refractivity contribution in [2.75, 3.05) is 0 Å². The number of primary amides is 1. The Bertz CT molecular complexity index is 580. The van der Waals surface area contributed by atoms with Crippen molar-refractivity contribution < 1.29 is 4.79 Å². The van der Waals surface area contributed by atoms with E-state index in [0.717, 1.165) is 12.0 Å². The Labute approximate surface area is 106 Å². The molecule has 2 atom stereocenters. The van der Waals surface area contributed by atoms with E-state index in [9.17, 15) is 4.79 Å². The van der Waals surface area contributed by atoms with Crippen molar-refractivity contribution in [1.29, 1.82) is 0 Å². The molecule has 3 heteroatoms. The lowest BCUT2D eigenvalue weighted by Gasteiger charge is -2.05. The number of nitrogens with two attached hydrogens (primary N) is 1. The van der Waals surface area contributed by atoms with Crippen molar-refractivity contribution in [1.82, 2.24) is 4.98 Å². The molecule has 1 saturated carbocycles. The highest BCUT2D eigenvalue weighted by molar-refractivity contribution is 5.92. The van der Waals surface area contributed by atoms with Crippen molar-refractivity contribution in [3.05, 3.63) is 65.5 Å². The van der Waals surface area contributed by atoms with Gasteiger partial charge in [0.2, 0.25) is 0 Å². The first kappa shape index (κ1) is 11.0. The van der Waals surface area contributed by atoms with E-state index >= 15 is 0 Å². The number of nitrogens with zero attached hydrogens (tertiary/aromatic N) is 1. The molecule has 0 spiro atoms. The monoisotopic (exact) mass is 238 g/mol. The lowest BCUT2D eigenvalue weighted by molar-refractivity contribution is 0.0994. The van der Waals surface area contributed by atoms with Gasteiger partial charge in [0.25, 0.3) is 5.91 Å². The molecule has 1 heterocycles. The van der Waals surface area contributed by atoms with E-state index in [1.54, 1.807) is 6.20 Å². The summed E-state index contributed by atoms with van der Waals surface area (Å²) in [6.07, 6.45) is 2.68. The maximum absolute atomic E-state index is 11.4. The first-order chi connectivity index (χ1) is 8.77. The van der Waals surface area contributed by atoms with Gasteiger partial charge in [0.05, 0.1) is 0 Å². The van der Waals surface area contributed by atoms with Crippen molar-refractivity contribution >= 4 is 5.91 Å². The maximum Gasteiger partial charge on any atom is 0.267 e. The summed E-state index contributed by atoms with van der Waals surface area (Å²) in [4.78, 5) is 15.4. The molecule has 1 aromatic heterocycles. The normalized spacial score (nSPS) is 21.6. The van der Waals surface area contributed by atoms with Gasteiger partial charge in [-0.25, -0.2) is 0 Å². The number of hydrogen-bond donors (Lipinski definition) is 1. The molecule has 0 bridgehead atoms. The fourth-order valence-corrected chi connectivity index (χ4v) is 2.53. The third kappa shape index (κ3) is 1.88. The Hall–Kier alpha value is -2.16. The van der Waals surface area contributed by atoms with Crippen molar-refractivity contribution in [3.8, 4) is 0 Å². The Kier molecular flexibility index (Phi) is 2.59. The molecular formula is C15H14N2O. The van der Waals surface area contributed by atoms with Gasteiger partial charge in [0.1, 0.15) is 5.69 Å². The van der Waals surface area contributed by atoms with Gasteiger partial charge in [-0.2, -0.15) is 0 Å². The SMILES string of the molecule is NC(=O)c1ncccc1[C@@H]1CC1c1ccccc1. The van der Waals surface area contributed by atoms with Crippen LogP contribution >= 0.6 is 0 Å². The van der Waals surface area contributed by atoms with Gasteiger partial charge in [-0.3, -0.25) is 9.78 Å². The number of carbonyl (C=O) groups excluding carboxylic acids is 1. The van der Waals surface area contributed by atoms with E-state index in [1.807, 2.05) is 30.3 Å². The van der Waals surface area contributed by atoms with Crippen LogP contribution in [0.2, 0.25) is 0 Å². The summed E-state index contributed by atoms with van der Waals surface area (Å²) >= 11 is 0. The molecule has 0 radical (unpaired) electrons. The van der Waals surface area contributed by atoms with Gasteiger partial charge in [-0.15, -0.1) is 0 Å². The van der Waals surface area contributed by atoms with Gasteiger partial charge in [-0.1, -0.05) is 36.4 Å². The zero-order valence-corrected chi connectivity index (χ0v) is 9.91. The molecule has 1 aromatic carbocycles. The zero-order chi connectivity index (χ0) is 12.5. The van der Waals surface area contributed by atoms with Crippen LogP contribution in [0.1, 0.15) is 39.9 Å². The fraction of sp³-hybridized carbons (Fsp3) is 0.200. The van der Waals surface area contributed by atoms with Crippen LogP contribution in [0.5, 0.6) is 0 Å². The van der Waals surface area contributed by atoms with E-state index in [2.05, 4.69) is 17.1 Å². The highest BCUT2D eigenvalue weighted by Crippen LogP contribution is 2.55. The highest BCUT2D eigenvalue weighted by Gasteiger charge is 2.41. The van der Waals surface area contributed by atoms with Crippen molar-refractivity contribution in [2.24, 2.45) is 5.73 Å². The van der Waals surface area contributed by atoms with E-state index in [1.165, 1.54) is 5.56 Å². The lowest BCUT2D eigenvalue weighted by atomic mass is 10.0. The molecule has 0 aliphatic heterocycles. The maximum atomic E-state index is 11.4. The summed E-state index contributed by atoms with van der Waals surface area (Å²) in [5.74, 6) is 0.432. The molecule has 3 rings (SSSR count). The van der Waals surface area contributed by atoms with Crippen molar-refractivity contribution in [3.63, 3.8) is 0 Å². The average Bonchev–Trinajstić information content (AvgIpc) is 3.20. The smallest absolute Gasteiger partial charge is 0.267 e. The van der Waals surface area contributed by atoms with Crippen LogP contribution in [0.25, 0.3) is 0 Å². The van der Waals surface area contributed by atoms with Gasteiger partial charge in [0, 0.05) is 6.20 Å². The second-order valence-corrected chi connectivity index (χ2v) is 4.66. The minimum Gasteiger partial charge on any atom is -0.364 e. The predicted octanol–water partition coefficient (Wildman–Crippen LogP) is 2.45. The summed E-state index contributed by atoms with van der Waals surface area (Å²) in [6, 6.07) is 14.2. The number of benzene rings is 1. The molecule has 18 heavy (non-hydrogen) atoms. The standard InChI is InChI=1S/C15H14N2O/c16-15(18)14-11(7-4-8-17-14)13-9-12(13)10-5-2-1-3-6-10/h1-8,12-13H,9H2,(H2,16,18)/t12?,13-/m0/s1. The molecule has 2 N–H and O–H groups in total. The topological polar surface area (TPSA) is 56.0 Å². The van der Waals surface area contributed by atoms with Crippen LogP contribution in [0.4, 0.5) is 0 Å². The molecule has 3 nitrogen and oxygen atoms in total. The van der Waals surface area contributed by atoms with E-state index in [4.69, 9.17) is 5.73 Å². The van der Waals surface area contributed by atoms with Gasteiger partial charge in [-0.05, 0) is 35.4 Å². The van der Waals surface area contributed by atoms with Gasteiger partial charge in [0.15, 0.2) is 0 Å². The van der Waals surface area contributed by atoms with Gasteiger partial charge < -0.3 is 5.73 Å². The molecule has 1 amide bonds. The number of pyridine rings is 1. The van der Waals surface area contributed by atoms with E-state index in [0.29, 0.717) is 17.5 Å². The third-order valence-electron chi connectivity index (χ3n) is 3.49. The van der Waals surface area contributed by atoms with Crippen LogP contribution in [-0.4, -0.2) is 10.9 Å². The average molecular weight is 238 g/mol. The van der Waals surface area contributed by atoms with Crippen LogP contribution in [0, 0.1) is 0 Å². The minimum absolute atomic E-state index is 0.378. The predicted molar refractivity (Wildman–Crippen MR) is 69.3 cm³/mol. The summed E-state index contributed by atoms with van der Waals surface area (Å²) in [5.41, 5.74) is 8.09. The van der Waals surface area contributed by atoms with Crippen LogP contribution < -0.4 is 5.73 Å². The quantitative estimate of drug-likeness (QED) is 0.893. The number of carbonyl (C=O) groups is 1. The van der Waals surface area contributed by atoms with Crippen LogP contribution in [0.15, 0.2) is 48.7 Å². The van der Waals surface area contributed by atoms with Crippen LogP contribution in [-0.2, 0) is 0 Å². The molecule has 1 fully saturated rings. The number of hydrogen-bond acceptors (Lipinski definition) is 2. The van der Waals surface area contributed by atoms with Crippen LogP contribution in [0.3, 0.4) is 0 Å². The number of rotatable bonds is 3. The second kappa shape index (κ2) is 4.26. The summed E-state index contributed by atoms with van der Waals surface area (Å²) in [5, 5.41) is 0. The first-order valence-electron chi connectivity index (χ1n) is 6.07. The summed E-state index contributed by atoms with van der Waals surface area (Å²) in [7, 11) is 0. The fourth-order valence-electron chi connectivity index (χ4n) is 2.53. The van der Waals surface area contributed by atoms with Crippen molar-refractivity contribution in [2.45, 2.75) is 18.3 Å². The molecule has 1 aliphatic rings. The summed E-state index contributed by atoms with van der Waals surface area (Å²) in [6.45, 7) is 0. The second-order valence-electron chi connectivity index (χ2n) is 4.66.